The fourth-order valence-electron chi connectivity index (χ4n) is 1.04. The van der Waals surface area contributed by atoms with Gasteiger partial charge in [-0.05, 0) is 30.7 Å². The summed E-state index contributed by atoms with van der Waals surface area (Å²) in [6, 6.07) is 1.82. The lowest BCUT2D eigenvalue weighted by atomic mass is 10.2. The van der Waals surface area contributed by atoms with Crippen LogP contribution in [0.2, 0.25) is 0 Å². The number of phenols is 1. The second-order valence-electron chi connectivity index (χ2n) is 2.92. The molecule has 0 heterocycles. The fraction of sp³-hybridized carbons (Fsp3) is 0.182. The summed E-state index contributed by atoms with van der Waals surface area (Å²) in [4.78, 5) is 10.9. The van der Waals surface area contributed by atoms with Gasteiger partial charge in [-0.2, -0.15) is 0 Å². The van der Waals surface area contributed by atoms with Crippen LogP contribution in [0.3, 0.4) is 0 Å². The largest absolute Gasteiger partial charge is 0.503 e. The lowest BCUT2D eigenvalue weighted by molar-refractivity contribution is -0.137. The molecule has 1 rings (SSSR count). The number of phenolic OH excluding ortho intramolecular Hbond substituents is 1. The predicted molar refractivity (Wildman–Crippen MR) is 53.7 cm³/mol. The van der Waals surface area contributed by atoms with Crippen LogP contribution in [0.25, 0.3) is 6.08 Å². The van der Waals surface area contributed by atoms with Crippen LogP contribution in [0.1, 0.15) is 12.5 Å². The van der Waals surface area contributed by atoms with Gasteiger partial charge in [0.15, 0.2) is 17.4 Å². The number of hydrogen-bond acceptors (Lipinski definition) is 3. The van der Waals surface area contributed by atoms with Crippen molar-refractivity contribution in [3.8, 4) is 5.75 Å². The van der Waals surface area contributed by atoms with Crippen LogP contribution in [-0.4, -0.2) is 17.7 Å². The van der Waals surface area contributed by atoms with Gasteiger partial charge in [0.25, 0.3) is 0 Å². The average molecular weight is 228 g/mol. The molecule has 5 heteroatoms. The first kappa shape index (κ1) is 12.2. The molecule has 1 aromatic rings. The van der Waals surface area contributed by atoms with Crippen molar-refractivity contribution in [2.75, 3.05) is 6.61 Å². The minimum absolute atomic E-state index is 0.126. The Morgan fingerprint density at radius 3 is 2.50 bits per heavy atom. The van der Waals surface area contributed by atoms with Crippen LogP contribution < -0.4 is 0 Å². The molecule has 0 unspecified atom stereocenters. The lowest BCUT2D eigenvalue weighted by Crippen LogP contribution is -1.98. The lowest BCUT2D eigenvalue weighted by Gasteiger charge is -1.99. The maximum atomic E-state index is 12.9. The summed E-state index contributed by atoms with van der Waals surface area (Å²) in [5, 5.41) is 8.83. The van der Waals surface area contributed by atoms with E-state index < -0.39 is 23.4 Å². The van der Waals surface area contributed by atoms with Crippen molar-refractivity contribution in [2.45, 2.75) is 6.92 Å². The van der Waals surface area contributed by atoms with E-state index in [1.165, 1.54) is 6.08 Å². The van der Waals surface area contributed by atoms with E-state index in [0.717, 1.165) is 18.2 Å². The van der Waals surface area contributed by atoms with Gasteiger partial charge in [-0.25, -0.2) is 13.6 Å². The molecule has 0 amide bonds. The maximum Gasteiger partial charge on any atom is 0.330 e. The monoisotopic (exact) mass is 228 g/mol. The summed E-state index contributed by atoms with van der Waals surface area (Å²) in [5.74, 6) is -3.79. The van der Waals surface area contributed by atoms with E-state index in [2.05, 4.69) is 4.74 Å². The van der Waals surface area contributed by atoms with E-state index in [4.69, 9.17) is 5.11 Å². The number of carbonyl (C=O) groups is 1. The number of hydrogen-bond donors (Lipinski definition) is 1. The van der Waals surface area contributed by atoms with Gasteiger partial charge in [0, 0.05) is 6.08 Å². The van der Waals surface area contributed by atoms with Crippen molar-refractivity contribution >= 4 is 12.0 Å². The van der Waals surface area contributed by atoms with Gasteiger partial charge in [0.05, 0.1) is 6.61 Å². The van der Waals surface area contributed by atoms with E-state index in [9.17, 15) is 13.6 Å². The Labute approximate surface area is 91.0 Å². The van der Waals surface area contributed by atoms with Crippen molar-refractivity contribution in [3.63, 3.8) is 0 Å². The van der Waals surface area contributed by atoms with Crippen LogP contribution in [-0.2, 0) is 9.53 Å². The smallest absolute Gasteiger partial charge is 0.330 e. The molecule has 0 bridgehead atoms. The van der Waals surface area contributed by atoms with Crippen LogP contribution in [0.5, 0.6) is 5.75 Å². The average Bonchev–Trinajstić information content (AvgIpc) is 2.23. The number of aromatic hydroxyl groups is 1. The van der Waals surface area contributed by atoms with Gasteiger partial charge >= 0.3 is 5.97 Å². The Hall–Kier alpha value is -1.91. The van der Waals surface area contributed by atoms with Crippen molar-refractivity contribution in [3.05, 3.63) is 35.4 Å². The van der Waals surface area contributed by atoms with Crippen LogP contribution in [0.15, 0.2) is 18.2 Å². The summed E-state index contributed by atoms with van der Waals surface area (Å²) in [6.07, 6.45) is 2.25. The number of rotatable bonds is 3. The third-order valence-electron chi connectivity index (χ3n) is 1.74. The SMILES string of the molecule is CCOC(=O)/C=C\c1cc(F)c(O)c(F)c1. The summed E-state index contributed by atoms with van der Waals surface area (Å²) in [7, 11) is 0. The predicted octanol–water partition coefficient (Wildman–Crippen LogP) is 2.25. The number of carbonyl (C=O) groups excluding carboxylic acids is 1. The van der Waals surface area contributed by atoms with Crippen molar-refractivity contribution in [1.29, 1.82) is 0 Å². The van der Waals surface area contributed by atoms with E-state index in [1.807, 2.05) is 0 Å². The summed E-state index contributed by atoms with van der Waals surface area (Å²) < 4.78 is 30.3. The number of halogens is 2. The molecule has 0 aromatic heterocycles. The summed E-state index contributed by atoms with van der Waals surface area (Å²) in [5.41, 5.74) is 0.126. The second-order valence-corrected chi connectivity index (χ2v) is 2.92. The Morgan fingerprint density at radius 1 is 1.44 bits per heavy atom. The van der Waals surface area contributed by atoms with E-state index in [1.54, 1.807) is 6.92 Å². The standard InChI is InChI=1S/C11H10F2O3/c1-2-16-10(14)4-3-7-5-8(12)11(15)9(13)6-7/h3-6,15H,2H2,1H3/b4-3-. The minimum atomic E-state index is -1.08. The van der Waals surface area contributed by atoms with Gasteiger partial charge in [-0.3, -0.25) is 0 Å². The molecule has 86 valence electrons. The molecule has 0 fully saturated rings. The van der Waals surface area contributed by atoms with E-state index >= 15 is 0 Å². The van der Waals surface area contributed by atoms with Crippen molar-refractivity contribution < 1.29 is 23.4 Å². The van der Waals surface area contributed by atoms with Crippen LogP contribution >= 0.6 is 0 Å². The Kier molecular flexibility index (Phi) is 3.99. The molecule has 0 aliphatic rings. The summed E-state index contributed by atoms with van der Waals surface area (Å²) >= 11 is 0. The Morgan fingerprint density at radius 2 is 2.00 bits per heavy atom. The van der Waals surface area contributed by atoms with Gasteiger partial charge in [0.2, 0.25) is 0 Å². The van der Waals surface area contributed by atoms with Gasteiger partial charge < -0.3 is 9.84 Å². The highest BCUT2D eigenvalue weighted by atomic mass is 19.1. The first-order valence-corrected chi connectivity index (χ1v) is 4.57. The molecule has 1 N–H and O–H groups in total. The highest BCUT2D eigenvalue weighted by molar-refractivity contribution is 5.87. The molecule has 0 spiro atoms. The molecule has 16 heavy (non-hydrogen) atoms. The Bertz CT molecular complexity index is 404. The molecule has 3 nitrogen and oxygen atoms in total. The molecule has 0 aliphatic heterocycles. The Balaban J connectivity index is 2.86. The molecular weight excluding hydrogens is 218 g/mol. The van der Waals surface area contributed by atoms with Crippen LogP contribution in [0.4, 0.5) is 8.78 Å². The number of ether oxygens (including phenoxy) is 1. The molecular formula is C11H10F2O3. The topological polar surface area (TPSA) is 46.5 Å². The van der Waals surface area contributed by atoms with Gasteiger partial charge in [-0.1, -0.05) is 0 Å². The second kappa shape index (κ2) is 5.25. The molecule has 0 saturated heterocycles. The zero-order valence-corrected chi connectivity index (χ0v) is 8.54. The zero-order valence-electron chi connectivity index (χ0n) is 8.54. The minimum Gasteiger partial charge on any atom is -0.503 e. The van der Waals surface area contributed by atoms with Crippen LogP contribution in [0, 0.1) is 11.6 Å². The molecule has 1 aromatic carbocycles. The first-order valence-electron chi connectivity index (χ1n) is 4.57. The molecule has 0 aliphatic carbocycles. The molecule has 0 atom stereocenters. The maximum absolute atomic E-state index is 12.9. The van der Waals surface area contributed by atoms with Gasteiger partial charge in [-0.15, -0.1) is 0 Å². The number of benzene rings is 1. The first-order chi connectivity index (χ1) is 7.54. The molecule has 0 radical (unpaired) electrons. The van der Waals surface area contributed by atoms with Gasteiger partial charge in [0.1, 0.15) is 0 Å². The number of esters is 1. The fourth-order valence-corrected chi connectivity index (χ4v) is 1.04. The zero-order chi connectivity index (χ0) is 12.1. The third kappa shape index (κ3) is 3.05. The molecule has 0 saturated carbocycles. The quantitative estimate of drug-likeness (QED) is 0.637. The van der Waals surface area contributed by atoms with E-state index in [0.29, 0.717) is 0 Å². The van der Waals surface area contributed by atoms with Crippen molar-refractivity contribution in [1.82, 2.24) is 0 Å². The third-order valence-corrected chi connectivity index (χ3v) is 1.74. The highest BCUT2D eigenvalue weighted by Crippen LogP contribution is 2.21. The highest BCUT2D eigenvalue weighted by Gasteiger charge is 2.08. The normalized spacial score (nSPS) is 10.7. The van der Waals surface area contributed by atoms with Crippen molar-refractivity contribution in [2.24, 2.45) is 0 Å². The summed E-state index contributed by atoms with van der Waals surface area (Å²) in [6.45, 7) is 1.87. The van der Waals surface area contributed by atoms with E-state index in [-0.39, 0.29) is 12.2 Å².